The van der Waals surface area contributed by atoms with Gasteiger partial charge in [-0.25, -0.2) is 0 Å². The van der Waals surface area contributed by atoms with Crippen molar-refractivity contribution in [2.75, 3.05) is 11.9 Å². The summed E-state index contributed by atoms with van der Waals surface area (Å²) in [6, 6.07) is 15.8. The Kier molecular flexibility index (Phi) is 5.91. The van der Waals surface area contributed by atoms with E-state index in [0.29, 0.717) is 12.1 Å². The number of aliphatic hydroxyl groups is 1. The first-order valence-electron chi connectivity index (χ1n) is 8.37. The topological polar surface area (TPSA) is 109 Å². The van der Waals surface area contributed by atoms with Gasteiger partial charge in [-0.3, -0.25) is 14.2 Å². The predicted octanol–water partition coefficient (Wildman–Crippen LogP) is 0.926. The molecular formula is C19H19N5O3. The lowest BCUT2D eigenvalue weighted by Crippen LogP contribution is -2.44. The number of aliphatic hydroxyl groups excluding tert-OH is 1. The summed E-state index contributed by atoms with van der Waals surface area (Å²) in [6.45, 7) is -0.267. The molecule has 27 heavy (non-hydrogen) atoms. The summed E-state index contributed by atoms with van der Waals surface area (Å²) in [5, 5.41) is 22.1. The van der Waals surface area contributed by atoms with E-state index in [-0.39, 0.29) is 6.61 Å². The molecule has 1 aromatic heterocycles. The maximum atomic E-state index is 12.2. The Morgan fingerprint density at radius 2 is 1.74 bits per heavy atom. The van der Waals surface area contributed by atoms with E-state index >= 15 is 0 Å². The standard InChI is InChI=1S/C19H19N5O3/c25-11-16(9-14-5-2-1-3-6-14)23-19(27)18(26)22-15-7-4-8-17(10-15)24-12-20-21-13-24/h1-8,10,12-13,16,25H,9,11H2,(H,22,26)(H,23,27)/t16-/m0/s1. The van der Waals surface area contributed by atoms with Gasteiger partial charge in [0.25, 0.3) is 0 Å². The van der Waals surface area contributed by atoms with Crippen LogP contribution in [0, 0.1) is 0 Å². The van der Waals surface area contributed by atoms with Gasteiger partial charge in [-0.15, -0.1) is 10.2 Å². The summed E-state index contributed by atoms with van der Waals surface area (Å²) in [6.07, 6.45) is 3.49. The number of nitrogens with one attached hydrogen (secondary N) is 2. The summed E-state index contributed by atoms with van der Waals surface area (Å²) >= 11 is 0. The largest absolute Gasteiger partial charge is 0.394 e. The molecule has 0 radical (unpaired) electrons. The Balaban J connectivity index is 1.60. The highest BCUT2D eigenvalue weighted by Gasteiger charge is 2.19. The van der Waals surface area contributed by atoms with Crippen LogP contribution in [0.3, 0.4) is 0 Å². The van der Waals surface area contributed by atoms with Crippen molar-refractivity contribution in [1.82, 2.24) is 20.1 Å². The molecule has 0 aliphatic carbocycles. The zero-order valence-corrected chi connectivity index (χ0v) is 14.4. The maximum Gasteiger partial charge on any atom is 0.313 e. The molecule has 0 saturated carbocycles. The molecule has 3 rings (SSSR count). The first kappa shape index (κ1) is 18.3. The molecular weight excluding hydrogens is 346 g/mol. The number of nitrogens with zero attached hydrogens (tertiary/aromatic N) is 3. The lowest BCUT2D eigenvalue weighted by molar-refractivity contribution is -0.136. The summed E-state index contributed by atoms with van der Waals surface area (Å²) in [7, 11) is 0. The number of hydrogen-bond acceptors (Lipinski definition) is 5. The normalized spacial score (nSPS) is 11.6. The van der Waals surface area contributed by atoms with E-state index < -0.39 is 17.9 Å². The average Bonchev–Trinajstić information content (AvgIpc) is 3.23. The Morgan fingerprint density at radius 3 is 2.44 bits per heavy atom. The molecule has 0 aliphatic rings. The Morgan fingerprint density at radius 1 is 1.00 bits per heavy atom. The van der Waals surface area contributed by atoms with Crippen LogP contribution in [0.1, 0.15) is 5.56 Å². The van der Waals surface area contributed by atoms with Crippen molar-refractivity contribution in [3.63, 3.8) is 0 Å². The van der Waals surface area contributed by atoms with Crippen molar-refractivity contribution >= 4 is 17.5 Å². The number of rotatable bonds is 6. The molecule has 8 heteroatoms. The number of hydrogen-bond donors (Lipinski definition) is 3. The van der Waals surface area contributed by atoms with Crippen LogP contribution < -0.4 is 10.6 Å². The zero-order chi connectivity index (χ0) is 19.1. The molecule has 0 fully saturated rings. The van der Waals surface area contributed by atoms with Crippen molar-refractivity contribution in [3.05, 3.63) is 72.8 Å². The van der Waals surface area contributed by atoms with Crippen molar-refractivity contribution in [2.45, 2.75) is 12.5 Å². The molecule has 0 bridgehead atoms. The van der Waals surface area contributed by atoms with Crippen LogP contribution >= 0.6 is 0 Å². The molecule has 0 unspecified atom stereocenters. The second kappa shape index (κ2) is 8.72. The van der Waals surface area contributed by atoms with Crippen LogP contribution in [0.2, 0.25) is 0 Å². The van der Waals surface area contributed by atoms with Gasteiger partial charge in [-0.1, -0.05) is 36.4 Å². The van der Waals surface area contributed by atoms with E-state index in [0.717, 1.165) is 11.3 Å². The SMILES string of the molecule is O=C(Nc1cccc(-n2cnnc2)c1)C(=O)N[C@H](CO)Cc1ccccc1. The van der Waals surface area contributed by atoms with E-state index in [1.165, 1.54) is 12.7 Å². The van der Waals surface area contributed by atoms with Gasteiger partial charge < -0.3 is 15.7 Å². The minimum absolute atomic E-state index is 0.267. The van der Waals surface area contributed by atoms with E-state index in [1.807, 2.05) is 36.4 Å². The minimum atomic E-state index is -0.806. The number of aromatic nitrogens is 3. The molecule has 0 aliphatic heterocycles. The van der Waals surface area contributed by atoms with Crippen molar-refractivity contribution in [1.29, 1.82) is 0 Å². The van der Waals surface area contributed by atoms with Crippen LogP contribution in [-0.2, 0) is 16.0 Å². The van der Waals surface area contributed by atoms with Gasteiger partial charge in [0.05, 0.1) is 18.3 Å². The number of amides is 2. The maximum absolute atomic E-state index is 12.2. The van der Waals surface area contributed by atoms with Gasteiger partial charge >= 0.3 is 11.8 Å². The Labute approximate surface area is 155 Å². The number of anilines is 1. The number of carbonyl (C=O) groups is 2. The highest BCUT2D eigenvalue weighted by molar-refractivity contribution is 6.39. The Hall–Kier alpha value is -3.52. The first-order chi connectivity index (χ1) is 13.2. The molecule has 1 atom stereocenters. The van der Waals surface area contributed by atoms with Crippen molar-refractivity contribution in [3.8, 4) is 5.69 Å². The lowest BCUT2D eigenvalue weighted by Gasteiger charge is -2.16. The highest BCUT2D eigenvalue weighted by Crippen LogP contribution is 2.14. The van der Waals surface area contributed by atoms with Gasteiger partial charge in [0.1, 0.15) is 12.7 Å². The van der Waals surface area contributed by atoms with Crippen LogP contribution in [0.4, 0.5) is 5.69 Å². The van der Waals surface area contributed by atoms with E-state index in [9.17, 15) is 14.7 Å². The second-order valence-electron chi connectivity index (χ2n) is 5.92. The van der Waals surface area contributed by atoms with Crippen LogP contribution in [0.15, 0.2) is 67.3 Å². The molecule has 138 valence electrons. The monoisotopic (exact) mass is 365 g/mol. The van der Waals surface area contributed by atoms with E-state index in [2.05, 4.69) is 20.8 Å². The summed E-state index contributed by atoms with van der Waals surface area (Å²) < 4.78 is 1.68. The van der Waals surface area contributed by atoms with Crippen LogP contribution in [0.25, 0.3) is 5.69 Å². The van der Waals surface area contributed by atoms with Crippen LogP contribution in [-0.4, -0.2) is 44.3 Å². The van der Waals surface area contributed by atoms with Crippen molar-refractivity contribution in [2.24, 2.45) is 0 Å². The molecule has 3 N–H and O–H groups in total. The lowest BCUT2D eigenvalue weighted by atomic mass is 10.1. The van der Waals surface area contributed by atoms with Crippen molar-refractivity contribution < 1.29 is 14.7 Å². The molecule has 0 spiro atoms. The third kappa shape index (κ3) is 4.99. The number of carbonyl (C=O) groups excluding carboxylic acids is 2. The first-order valence-corrected chi connectivity index (χ1v) is 8.37. The predicted molar refractivity (Wildman–Crippen MR) is 99.2 cm³/mol. The fraction of sp³-hybridized carbons (Fsp3) is 0.158. The summed E-state index contributed by atoms with van der Waals surface area (Å²) in [5.41, 5.74) is 2.17. The molecule has 1 heterocycles. The highest BCUT2D eigenvalue weighted by atomic mass is 16.3. The third-order valence-corrected chi connectivity index (χ3v) is 3.91. The molecule has 2 aromatic carbocycles. The smallest absolute Gasteiger partial charge is 0.313 e. The summed E-state index contributed by atoms with van der Waals surface area (Å²) in [5.74, 6) is -1.61. The van der Waals surface area contributed by atoms with E-state index in [4.69, 9.17) is 0 Å². The van der Waals surface area contributed by atoms with E-state index in [1.54, 1.807) is 22.8 Å². The van der Waals surface area contributed by atoms with Gasteiger partial charge in [0.2, 0.25) is 0 Å². The third-order valence-electron chi connectivity index (χ3n) is 3.91. The van der Waals surface area contributed by atoms with Gasteiger partial charge in [0.15, 0.2) is 0 Å². The molecule has 3 aromatic rings. The zero-order valence-electron chi connectivity index (χ0n) is 14.4. The summed E-state index contributed by atoms with van der Waals surface area (Å²) in [4.78, 5) is 24.3. The van der Waals surface area contributed by atoms with Gasteiger partial charge in [0, 0.05) is 5.69 Å². The molecule has 8 nitrogen and oxygen atoms in total. The fourth-order valence-corrected chi connectivity index (χ4v) is 2.58. The van der Waals surface area contributed by atoms with Gasteiger partial charge in [-0.05, 0) is 30.2 Å². The average molecular weight is 365 g/mol. The molecule has 0 saturated heterocycles. The second-order valence-corrected chi connectivity index (χ2v) is 5.92. The Bertz CT molecular complexity index is 897. The fourth-order valence-electron chi connectivity index (χ4n) is 2.58. The minimum Gasteiger partial charge on any atom is -0.394 e. The number of benzene rings is 2. The van der Waals surface area contributed by atoms with Crippen LogP contribution in [0.5, 0.6) is 0 Å². The molecule has 2 amide bonds. The quantitative estimate of drug-likeness (QED) is 0.563. The van der Waals surface area contributed by atoms with Gasteiger partial charge in [-0.2, -0.15) is 0 Å².